The molecular formula is C12H18N4O4. The molecule has 0 heterocycles. The van der Waals surface area contributed by atoms with Crippen molar-refractivity contribution in [2.45, 2.75) is 6.42 Å². The number of amides is 5. The van der Waals surface area contributed by atoms with Crippen LogP contribution in [0, 0.1) is 0 Å². The predicted octanol–water partition coefficient (Wildman–Crippen LogP) is -0.594. The van der Waals surface area contributed by atoms with Gasteiger partial charge in [-0.15, -0.1) is 0 Å². The molecule has 0 spiro atoms. The first-order chi connectivity index (χ1) is 9.58. The van der Waals surface area contributed by atoms with Gasteiger partial charge in [0.05, 0.1) is 0 Å². The number of imide groups is 1. The highest BCUT2D eigenvalue weighted by Crippen LogP contribution is 1.88. The number of urea groups is 1. The Labute approximate surface area is 117 Å². The maximum absolute atomic E-state index is 11.4. The van der Waals surface area contributed by atoms with E-state index in [4.69, 9.17) is 0 Å². The topological polar surface area (TPSA) is 98.8 Å². The first-order valence-electron chi connectivity index (χ1n) is 5.83. The zero-order valence-corrected chi connectivity index (χ0v) is 11.1. The van der Waals surface area contributed by atoms with E-state index < -0.39 is 6.03 Å². The van der Waals surface area contributed by atoms with Crippen LogP contribution in [-0.4, -0.2) is 54.2 Å². The second-order valence-corrected chi connectivity index (χ2v) is 3.55. The van der Waals surface area contributed by atoms with Gasteiger partial charge in [0.15, 0.2) is 0 Å². The Hall–Kier alpha value is -2.64. The van der Waals surface area contributed by atoms with Gasteiger partial charge in [0, 0.05) is 32.3 Å². The standard InChI is InChI=1S/C12H18N4O4/c1-3-15(9-17)8-5-11(19)13-6-7-14-12(20)16(4-2)10-18/h3-4,9-10H,1-2,5-8H2,(H,13,19)(H,14,20). The van der Waals surface area contributed by atoms with Crippen LogP contribution in [-0.2, 0) is 14.4 Å². The van der Waals surface area contributed by atoms with Gasteiger partial charge in [-0.2, -0.15) is 0 Å². The summed E-state index contributed by atoms with van der Waals surface area (Å²) in [7, 11) is 0. The van der Waals surface area contributed by atoms with Gasteiger partial charge in [-0.05, 0) is 6.20 Å². The van der Waals surface area contributed by atoms with Crippen LogP contribution >= 0.6 is 0 Å². The first-order valence-corrected chi connectivity index (χ1v) is 5.83. The lowest BCUT2D eigenvalue weighted by molar-refractivity contribution is -0.122. The number of hydrogen-bond acceptors (Lipinski definition) is 4. The highest BCUT2D eigenvalue weighted by molar-refractivity contribution is 5.85. The van der Waals surface area contributed by atoms with Crippen molar-refractivity contribution < 1.29 is 19.2 Å². The summed E-state index contributed by atoms with van der Waals surface area (Å²) in [6.45, 7) is 7.32. The number of carbonyl (C=O) groups is 4. The van der Waals surface area contributed by atoms with Crippen molar-refractivity contribution in [1.82, 2.24) is 20.4 Å². The predicted molar refractivity (Wildman–Crippen MR) is 72.1 cm³/mol. The fourth-order valence-corrected chi connectivity index (χ4v) is 1.14. The van der Waals surface area contributed by atoms with Crippen LogP contribution in [0.1, 0.15) is 6.42 Å². The van der Waals surface area contributed by atoms with E-state index >= 15 is 0 Å². The zero-order valence-electron chi connectivity index (χ0n) is 11.1. The molecule has 110 valence electrons. The lowest BCUT2D eigenvalue weighted by Gasteiger charge is -2.13. The second-order valence-electron chi connectivity index (χ2n) is 3.55. The van der Waals surface area contributed by atoms with Gasteiger partial charge in [0.1, 0.15) is 0 Å². The third kappa shape index (κ3) is 6.94. The summed E-state index contributed by atoms with van der Waals surface area (Å²) in [6.07, 6.45) is 3.42. The van der Waals surface area contributed by atoms with E-state index in [1.165, 1.54) is 11.1 Å². The number of rotatable bonds is 10. The second kappa shape index (κ2) is 10.3. The summed E-state index contributed by atoms with van der Waals surface area (Å²) < 4.78 is 0. The van der Waals surface area contributed by atoms with E-state index in [2.05, 4.69) is 23.8 Å². The minimum atomic E-state index is -0.622. The van der Waals surface area contributed by atoms with Crippen molar-refractivity contribution in [2.75, 3.05) is 19.6 Å². The van der Waals surface area contributed by atoms with Crippen LogP contribution in [0.3, 0.4) is 0 Å². The van der Waals surface area contributed by atoms with Gasteiger partial charge in [-0.3, -0.25) is 14.4 Å². The fourth-order valence-electron chi connectivity index (χ4n) is 1.14. The molecule has 20 heavy (non-hydrogen) atoms. The largest absolute Gasteiger partial charge is 0.354 e. The maximum atomic E-state index is 11.4. The van der Waals surface area contributed by atoms with Crippen LogP contribution in [0.25, 0.3) is 0 Å². The Morgan fingerprint density at radius 1 is 1.00 bits per heavy atom. The van der Waals surface area contributed by atoms with Crippen LogP contribution in [0.4, 0.5) is 4.79 Å². The Balaban J connectivity index is 3.79. The van der Waals surface area contributed by atoms with Gasteiger partial charge in [0.2, 0.25) is 18.7 Å². The lowest BCUT2D eigenvalue weighted by atomic mass is 10.3. The van der Waals surface area contributed by atoms with E-state index in [0.29, 0.717) is 12.8 Å². The molecule has 0 aliphatic rings. The van der Waals surface area contributed by atoms with Crippen molar-refractivity contribution in [3.63, 3.8) is 0 Å². The molecule has 0 rings (SSSR count). The number of hydrogen-bond donors (Lipinski definition) is 2. The van der Waals surface area contributed by atoms with Gasteiger partial charge in [-0.1, -0.05) is 13.2 Å². The normalized spacial score (nSPS) is 9.00. The molecule has 8 heteroatoms. The minimum absolute atomic E-state index is 0.131. The Bertz CT molecular complexity index is 368. The van der Waals surface area contributed by atoms with Crippen molar-refractivity contribution >= 4 is 24.8 Å². The maximum Gasteiger partial charge on any atom is 0.328 e. The quantitative estimate of drug-likeness (QED) is 0.413. The van der Waals surface area contributed by atoms with E-state index in [0.717, 1.165) is 11.1 Å². The molecule has 0 aliphatic heterocycles. The van der Waals surface area contributed by atoms with Crippen LogP contribution in [0.2, 0.25) is 0 Å². The van der Waals surface area contributed by atoms with Crippen LogP contribution in [0.15, 0.2) is 25.6 Å². The van der Waals surface area contributed by atoms with E-state index in [9.17, 15) is 19.2 Å². The summed E-state index contributed by atoms with van der Waals surface area (Å²) in [4.78, 5) is 45.5. The van der Waals surface area contributed by atoms with Crippen molar-refractivity contribution in [3.8, 4) is 0 Å². The van der Waals surface area contributed by atoms with Crippen molar-refractivity contribution in [3.05, 3.63) is 25.6 Å². The average Bonchev–Trinajstić information content (AvgIpc) is 2.46. The highest BCUT2D eigenvalue weighted by Gasteiger charge is 2.08. The Kier molecular flexibility index (Phi) is 8.94. The van der Waals surface area contributed by atoms with E-state index in [-0.39, 0.29) is 32.0 Å². The summed E-state index contributed by atoms with van der Waals surface area (Å²) in [5.41, 5.74) is 0. The summed E-state index contributed by atoms with van der Waals surface area (Å²) >= 11 is 0. The smallest absolute Gasteiger partial charge is 0.328 e. The molecular weight excluding hydrogens is 264 g/mol. The van der Waals surface area contributed by atoms with Gasteiger partial charge in [0.25, 0.3) is 0 Å². The van der Waals surface area contributed by atoms with E-state index in [1.807, 2.05) is 0 Å². The molecule has 0 radical (unpaired) electrons. The summed E-state index contributed by atoms with van der Waals surface area (Å²) in [6, 6.07) is -0.622. The zero-order chi connectivity index (χ0) is 15.4. The molecule has 0 saturated carbocycles. The average molecular weight is 282 g/mol. The molecule has 0 aromatic carbocycles. The summed E-state index contributed by atoms with van der Waals surface area (Å²) in [5, 5.41) is 4.97. The molecule has 8 nitrogen and oxygen atoms in total. The third-order valence-electron chi connectivity index (χ3n) is 2.24. The van der Waals surface area contributed by atoms with E-state index in [1.54, 1.807) is 0 Å². The molecule has 0 unspecified atom stereocenters. The van der Waals surface area contributed by atoms with Crippen molar-refractivity contribution in [2.24, 2.45) is 0 Å². The highest BCUT2D eigenvalue weighted by atomic mass is 16.2. The van der Waals surface area contributed by atoms with Crippen molar-refractivity contribution in [1.29, 1.82) is 0 Å². The minimum Gasteiger partial charge on any atom is -0.354 e. The Morgan fingerprint density at radius 3 is 2.15 bits per heavy atom. The number of nitrogens with zero attached hydrogens (tertiary/aromatic N) is 2. The van der Waals surface area contributed by atoms with Crippen LogP contribution in [0.5, 0.6) is 0 Å². The van der Waals surface area contributed by atoms with Gasteiger partial charge in [-0.25, -0.2) is 9.69 Å². The molecule has 0 aliphatic carbocycles. The molecule has 2 N–H and O–H groups in total. The molecule has 0 aromatic rings. The lowest BCUT2D eigenvalue weighted by Crippen LogP contribution is -2.40. The number of nitrogens with one attached hydrogen (secondary N) is 2. The van der Waals surface area contributed by atoms with Gasteiger partial charge < -0.3 is 15.5 Å². The Morgan fingerprint density at radius 2 is 1.65 bits per heavy atom. The number of carbonyl (C=O) groups excluding carboxylic acids is 4. The molecule has 0 fully saturated rings. The monoisotopic (exact) mass is 282 g/mol. The first kappa shape index (κ1) is 17.4. The van der Waals surface area contributed by atoms with Crippen LogP contribution < -0.4 is 10.6 Å². The van der Waals surface area contributed by atoms with Gasteiger partial charge >= 0.3 is 6.03 Å². The molecule has 5 amide bonds. The summed E-state index contributed by atoms with van der Waals surface area (Å²) in [5.74, 6) is -0.260. The molecule has 0 aromatic heterocycles. The fraction of sp³-hybridized carbons (Fsp3) is 0.333. The molecule has 0 saturated heterocycles. The third-order valence-corrected chi connectivity index (χ3v) is 2.24. The molecule has 0 atom stereocenters. The SMILES string of the molecule is C=CN(C=O)CCC(=O)NCCNC(=O)N(C=C)C=O. The molecule has 0 bridgehead atoms.